The van der Waals surface area contributed by atoms with Crippen molar-refractivity contribution in [2.24, 2.45) is 0 Å². The van der Waals surface area contributed by atoms with Crippen LogP contribution in [0, 0.1) is 0 Å². The molecule has 0 fully saturated rings. The first-order chi connectivity index (χ1) is 9.72. The molecule has 0 saturated heterocycles. The summed E-state index contributed by atoms with van der Waals surface area (Å²) in [5.74, 6) is -0.610. The summed E-state index contributed by atoms with van der Waals surface area (Å²) in [4.78, 5) is 10.7. The van der Waals surface area contributed by atoms with Gasteiger partial charge < -0.3 is 14.9 Å². The molecule has 100 valence electrons. The van der Waals surface area contributed by atoms with Gasteiger partial charge in [-0.15, -0.1) is 0 Å². The second-order valence-corrected chi connectivity index (χ2v) is 4.40. The molecule has 0 atom stereocenters. The van der Waals surface area contributed by atoms with E-state index in [1.54, 1.807) is 0 Å². The number of rotatable bonds is 4. The number of carbonyl (C=O) groups is 1. The molecule has 3 rings (SSSR count). The highest BCUT2D eigenvalue weighted by molar-refractivity contribution is 5.86. The van der Waals surface area contributed by atoms with Crippen molar-refractivity contribution in [2.45, 2.75) is 6.54 Å². The van der Waals surface area contributed by atoms with E-state index >= 15 is 0 Å². The van der Waals surface area contributed by atoms with E-state index in [2.05, 4.69) is 16.5 Å². The number of nitrogens with zero attached hydrogens (tertiary/aromatic N) is 1. The highest BCUT2D eigenvalue weighted by Crippen LogP contribution is 2.19. The summed E-state index contributed by atoms with van der Waals surface area (Å²) >= 11 is 0. The number of hydrogen-bond donors (Lipinski definition) is 2. The molecule has 0 aliphatic carbocycles. The Kier molecular flexibility index (Phi) is 3.09. The highest BCUT2D eigenvalue weighted by atomic mass is 16.5. The maximum atomic E-state index is 10.7. The van der Waals surface area contributed by atoms with Gasteiger partial charge in [0.15, 0.2) is 11.5 Å². The number of fused-ring (bicyclic) bond motifs is 1. The van der Waals surface area contributed by atoms with Crippen molar-refractivity contribution >= 4 is 22.4 Å². The first kappa shape index (κ1) is 12.2. The minimum Gasteiger partial charge on any atom is -0.476 e. The fourth-order valence-electron chi connectivity index (χ4n) is 1.99. The Morgan fingerprint density at radius 2 is 1.95 bits per heavy atom. The van der Waals surface area contributed by atoms with E-state index in [1.807, 2.05) is 36.4 Å². The lowest BCUT2D eigenvalue weighted by atomic mass is 10.1. The van der Waals surface area contributed by atoms with Crippen molar-refractivity contribution in [1.82, 2.24) is 5.16 Å². The lowest BCUT2D eigenvalue weighted by molar-refractivity contribution is 0.0685. The third-order valence-electron chi connectivity index (χ3n) is 2.99. The Labute approximate surface area is 114 Å². The molecule has 0 bridgehead atoms. The molecular weight excluding hydrogens is 256 g/mol. The second kappa shape index (κ2) is 5.05. The SMILES string of the molecule is O=C(O)c1cc(CNc2ccc3ccccc3c2)on1. The van der Waals surface area contributed by atoms with E-state index < -0.39 is 5.97 Å². The van der Waals surface area contributed by atoms with Crippen molar-refractivity contribution in [3.8, 4) is 0 Å². The summed E-state index contributed by atoms with van der Waals surface area (Å²) < 4.78 is 4.94. The summed E-state index contributed by atoms with van der Waals surface area (Å²) in [5.41, 5.74) is 0.859. The molecule has 2 N–H and O–H groups in total. The van der Waals surface area contributed by atoms with E-state index in [9.17, 15) is 4.79 Å². The molecule has 0 amide bonds. The van der Waals surface area contributed by atoms with Gasteiger partial charge in [-0.2, -0.15) is 0 Å². The predicted octanol–water partition coefficient (Wildman–Crippen LogP) is 3.14. The first-order valence-electron chi connectivity index (χ1n) is 6.14. The minimum atomic E-state index is -1.09. The zero-order valence-corrected chi connectivity index (χ0v) is 10.5. The van der Waals surface area contributed by atoms with Crippen molar-refractivity contribution in [2.75, 3.05) is 5.32 Å². The van der Waals surface area contributed by atoms with Crippen LogP contribution in [0.4, 0.5) is 5.69 Å². The quantitative estimate of drug-likeness (QED) is 0.760. The monoisotopic (exact) mass is 268 g/mol. The molecule has 5 heteroatoms. The highest BCUT2D eigenvalue weighted by Gasteiger charge is 2.10. The van der Waals surface area contributed by atoms with Gasteiger partial charge >= 0.3 is 5.97 Å². The topological polar surface area (TPSA) is 75.4 Å². The average molecular weight is 268 g/mol. The van der Waals surface area contributed by atoms with Gasteiger partial charge in [0.05, 0.1) is 6.54 Å². The summed E-state index contributed by atoms with van der Waals surface area (Å²) in [7, 11) is 0. The molecular formula is C15H12N2O3. The number of aromatic nitrogens is 1. The van der Waals surface area contributed by atoms with E-state index in [0.717, 1.165) is 11.1 Å². The third kappa shape index (κ3) is 2.47. The van der Waals surface area contributed by atoms with Crippen molar-refractivity contribution in [3.05, 3.63) is 60.0 Å². The second-order valence-electron chi connectivity index (χ2n) is 4.40. The number of carboxylic acids is 1. The number of nitrogens with one attached hydrogen (secondary N) is 1. The number of anilines is 1. The lowest BCUT2D eigenvalue weighted by Crippen LogP contribution is -1.98. The van der Waals surface area contributed by atoms with Crippen LogP contribution < -0.4 is 5.32 Å². The standard InChI is InChI=1S/C15H12N2O3/c18-15(19)14-8-13(20-17-14)9-16-12-6-5-10-3-1-2-4-11(10)7-12/h1-8,16H,9H2,(H,18,19). The molecule has 1 heterocycles. The fourth-order valence-corrected chi connectivity index (χ4v) is 1.99. The van der Waals surface area contributed by atoms with Crippen LogP contribution in [-0.2, 0) is 6.54 Å². The number of aromatic carboxylic acids is 1. The maximum absolute atomic E-state index is 10.7. The summed E-state index contributed by atoms with van der Waals surface area (Å²) in [5, 5.41) is 17.7. The molecule has 3 aromatic rings. The largest absolute Gasteiger partial charge is 0.476 e. The Morgan fingerprint density at radius 3 is 2.70 bits per heavy atom. The van der Waals surface area contributed by atoms with Gasteiger partial charge in [-0.3, -0.25) is 0 Å². The van der Waals surface area contributed by atoms with Crippen LogP contribution in [0.1, 0.15) is 16.2 Å². The van der Waals surface area contributed by atoms with Gasteiger partial charge in [0.25, 0.3) is 0 Å². The van der Waals surface area contributed by atoms with Gasteiger partial charge in [-0.25, -0.2) is 4.79 Å². The smallest absolute Gasteiger partial charge is 0.358 e. The Balaban J connectivity index is 1.74. The molecule has 1 aromatic heterocycles. The average Bonchev–Trinajstić information content (AvgIpc) is 2.94. The van der Waals surface area contributed by atoms with Crippen LogP contribution in [-0.4, -0.2) is 16.2 Å². The summed E-state index contributed by atoms with van der Waals surface area (Å²) in [6, 6.07) is 15.5. The van der Waals surface area contributed by atoms with E-state index in [0.29, 0.717) is 12.3 Å². The molecule has 0 saturated carbocycles. The van der Waals surface area contributed by atoms with Crippen LogP contribution in [0.5, 0.6) is 0 Å². The van der Waals surface area contributed by atoms with Gasteiger partial charge in [0.2, 0.25) is 0 Å². The lowest BCUT2D eigenvalue weighted by Gasteiger charge is -2.05. The third-order valence-corrected chi connectivity index (χ3v) is 2.99. The molecule has 0 radical (unpaired) electrons. The summed E-state index contributed by atoms with van der Waals surface area (Å²) in [6.45, 7) is 0.388. The number of carboxylic acid groups (broad SMARTS) is 1. The predicted molar refractivity (Wildman–Crippen MR) is 74.7 cm³/mol. The zero-order valence-electron chi connectivity index (χ0n) is 10.5. The molecule has 2 aromatic carbocycles. The van der Waals surface area contributed by atoms with Crippen LogP contribution >= 0.6 is 0 Å². The fraction of sp³-hybridized carbons (Fsp3) is 0.0667. The number of hydrogen-bond acceptors (Lipinski definition) is 4. The zero-order chi connectivity index (χ0) is 13.9. The molecule has 0 aliphatic rings. The normalized spacial score (nSPS) is 10.6. The molecule has 5 nitrogen and oxygen atoms in total. The van der Waals surface area contributed by atoms with Crippen LogP contribution in [0.2, 0.25) is 0 Å². The van der Waals surface area contributed by atoms with Crippen LogP contribution in [0.15, 0.2) is 53.1 Å². The van der Waals surface area contributed by atoms with Crippen molar-refractivity contribution < 1.29 is 14.4 Å². The summed E-state index contributed by atoms with van der Waals surface area (Å²) in [6.07, 6.45) is 0. The Bertz CT molecular complexity index is 764. The van der Waals surface area contributed by atoms with E-state index in [1.165, 1.54) is 11.5 Å². The minimum absolute atomic E-state index is 0.0830. The molecule has 20 heavy (non-hydrogen) atoms. The maximum Gasteiger partial charge on any atom is 0.358 e. The van der Waals surface area contributed by atoms with Gasteiger partial charge in [-0.05, 0) is 22.9 Å². The molecule has 0 spiro atoms. The van der Waals surface area contributed by atoms with Crippen LogP contribution in [0.3, 0.4) is 0 Å². The van der Waals surface area contributed by atoms with Gasteiger partial charge in [-0.1, -0.05) is 35.5 Å². The Hall–Kier alpha value is -2.82. The molecule has 0 aliphatic heterocycles. The first-order valence-corrected chi connectivity index (χ1v) is 6.14. The van der Waals surface area contributed by atoms with E-state index in [4.69, 9.17) is 9.63 Å². The number of benzene rings is 2. The van der Waals surface area contributed by atoms with E-state index in [-0.39, 0.29) is 5.69 Å². The van der Waals surface area contributed by atoms with Crippen molar-refractivity contribution in [3.63, 3.8) is 0 Å². The molecule has 0 unspecified atom stereocenters. The Morgan fingerprint density at radius 1 is 1.15 bits per heavy atom. The van der Waals surface area contributed by atoms with Gasteiger partial charge in [0.1, 0.15) is 0 Å². The van der Waals surface area contributed by atoms with Gasteiger partial charge in [0, 0.05) is 11.8 Å². The van der Waals surface area contributed by atoms with Crippen LogP contribution in [0.25, 0.3) is 10.8 Å². The van der Waals surface area contributed by atoms with Crippen molar-refractivity contribution in [1.29, 1.82) is 0 Å².